The first-order valence-corrected chi connectivity index (χ1v) is 10.3. The zero-order valence-corrected chi connectivity index (χ0v) is 16.9. The molecule has 4 nitrogen and oxygen atoms in total. The van der Waals surface area contributed by atoms with Crippen LogP contribution in [0, 0.1) is 23.7 Å². The molecular formula is C22H34O4. The summed E-state index contributed by atoms with van der Waals surface area (Å²) in [5, 5.41) is 0. The van der Waals surface area contributed by atoms with Gasteiger partial charge >= 0.3 is 5.97 Å². The molecule has 4 bridgehead atoms. The van der Waals surface area contributed by atoms with Gasteiger partial charge in [0.1, 0.15) is 11.7 Å². The van der Waals surface area contributed by atoms with Crippen LogP contribution < -0.4 is 0 Å². The largest absolute Gasteiger partial charge is 0.459 e. The molecular weight excluding hydrogens is 328 g/mol. The first kappa shape index (κ1) is 18.5. The molecule has 0 aromatic heterocycles. The smallest absolute Gasteiger partial charge is 0.303 e. The van der Waals surface area contributed by atoms with Gasteiger partial charge in [0.05, 0.1) is 17.8 Å². The molecule has 0 N–H and O–H groups in total. The number of hydrogen-bond acceptors (Lipinski definition) is 4. The van der Waals surface area contributed by atoms with Crippen molar-refractivity contribution in [1.29, 1.82) is 0 Å². The van der Waals surface area contributed by atoms with Gasteiger partial charge in [0.2, 0.25) is 0 Å². The number of ether oxygens (including phenoxy) is 3. The van der Waals surface area contributed by atoms with Crippen molar-refractivity contribution in [2.45, 2.75) is 96.2 Å². The third-order valence-corrected chi connectivity index (χ3v) is 7.67. The number of rotatable bonds is 2. The second-order valence-corrected chi connectivity index (χ2v) is 9.87. The summed E-state index contributed by atoms with van der Waals surface area (Å²) >= 11 is 0. The van der Waals surface area contributed by atoms with Crippen LogP contribution in [0.15, 0.2) is 12.2 Å². The molecule has 0 unspecified atom stereocenters. The number of carbonyl (C=O) groups excluding carboxylic acids is 1. The Kier molecular flexibility index (Phi) is 4.31. The van der Waals surface area contributed by atoms with E-state index in [0.29, 0.717) is 23.7 Å². The summed E-state index contributed by atoms with van der Waals surface area (Å²) in [5.74, 6) is 2.00. The minimum Gasteiger partial charge on any atom is -0.459 e. The van der Waals surface area contributed by atoms with E-state index < -0.39 is 5.60 Å². The minimum absolute atomic E-state index is 0.113. The third kappa shape index (κ3) is 2.67. The summed E-state index contributed by atoms with van der Waals surface area (Å²) in [4.78, 5) is 11.6. The quantitative estimate of drug-likeness (QED) is 0.543. The Balaban J connectivity index is 1.72. The second-order valence-electron chi connectivity index (χ2n) is 9.87. The Morgan fingerprint density at radius 3 is 2.65 bits per heavy atom. The van der Waals surface area contributed by atoms with E-state index in [1.54, 1.807) is 0 Å². The SMILES string of the molecule is C=C1CC[C@H](C(C)C)[C@H]2[C@@H]1[C@H]1C[C@]3(C)O[C@](C)(CC[C@@H]3OC(C)=O)[C@@H]2O1. The predicted molar refractivity (Wildman–Crippen MR) is 99.6 cm³/mol. The lowest BCUT2D eigenvalue weighted by Gasteiger charge is -2.53. The fourth-order valence-electron chi connectivity index (χ4n) is 6.57. The Bertz CT molecular complexity index is 613. The van der Waals surface area contributed by atoms with Gasteiger partial charge in [0.15, 0.2) is 0 Å². The van der Waals surface area contributed by atoms with E-state index in [9.17, 15) is 4.79 Å². The molecule has 3 heterocycles. The third-order valence-electron chi connectivity index (χ3n) is 7.67. The van der Waals surface area contributed by atoms with E-state index in [1.165, 1.54) is 18.9 Å². The van der Waals surface area contributed by atoms with Gasteiger partial charge in [-0.3, -0.25) is 4.79 Å². The van der Waals surface area contributed by atoms with E-state index in [2.05, 4.69) is 34.3 Å². The minimum atomic E-state index is -0.478. The summed E-state index contributed by atoms with van der Waals surface area (Å²) in [6.07, 6.45) is 4.88. The van der Waals surface area contributed by atoms with E-state index in [1.807, 2.05) is 0 Å². The van der Waals surface area contributed by atoms with Crippen LogP contribution in [0.25, 0.3) is 0 Å². The molecule has 1 aliphatic carbocycles. The maximum atomic E-state index is 11.6. The Labute approximate surface area is 157 Å². The van der Waals surface area contributed by atoms with E-state index >= 15 is 0 Å². The maximum absolute atomic E-state index is 11.6. The van der Waals surface area contributed by atoms with Crippen molar-refractivity contribution >= 4 is 5.97 Å². The molecule has 4 rings (SSSR count). The average molecular weight is 363 g/mol. The van der Waals surface area contributed by atoms with E-state index in [4.69, 9.17) is 14.2 Å². The lowest BCUT2D eigenvalue weighted by atomic mass is 9.59. The molecule has 0 aromatic carbocycles. The monoisotopic (exact) mass is 362 g/mol. The topological polar surface area (TPSA) is 44.8 Å². The van der Waals surface area contributed by atoms with Crippen molar-refractivity contribution in [3.8, 4) is 0 Å². The van der Waals surface area contributed by atoms with Crippen LogP contribution in [-0.2, 0) is 19.0 Å². The maximum Gasteiger partial charge on any atom is 0.303 e. The molecule has 0 aromatic rings. The number of fused-ring (bicyclic) bond motifs is 8. The second kappa shape index (κ2) is 6.07. The molecule has 0 radical (unpaired) electrons. The molecule has 3 saturated heterocycles. The highest BCUT2D eigenvalue weighted by Crippen LogP contribution is 2.59. The van der Waals surface area contributed by atoms with Crippen LogP contribution >= 0.6 is 0 Å². The van der Waals surface area contributed by atoms with Crippen LogP contribution in [0.2, 0.25) is 0 Å². The summed E-state index contributed by atoms with van der Waals surface area (Å²) in [6.45, 7) is 15.0. The lowest BCUT2D eigenvalue weighted by Crippen LogP contribution is -2.61. The zero-order chi connectivity index (χ0) is 18.9. The van der Waals surface area contributed by atoms with Gasteiger partial charge in [-0.25, -0.2) is 0 Å². The van der Waals surface area contributed by atoms with Crippen LogP contribution in [0.5, 0.6) is 0 Å². The Hall–Kier alpha value is -0.870. The normalized spacial score (nSPS) is 50.3. The first-order valence-electron chi connectivity index (χ1n) is 10.3. The summed E-state index contributed by atoms with van der Waals surface area (Å²) < 4.78 is 19.1. The van der Waals surface area contributed by atoms with Gasteiger partial charge in [-0.15, -0.1) is 0 Å². The van der Waals surface area contributed by atoms with Crippen LogP contribution in [0.4, 0.5) is 0 Å². The van der Waals surface area contributed by atoms with Crippen molar-refractivity contribution in [3.05, 3.63) is 12.2 Å². The predicted octanol–water partition coefficient (Wildman–Crippen LogP) is 4.27. The fourth-order valence-corrected chi connectivity index (χ4v) is 6.57. The summed E-state index contributed by atoms with van der Waals surface area (Å²) in [7, 11) is 0. The van der Waals surface area contributed by atoms with Crippen molar-refractivity contribution in [2.24, 2.45) is 23.7 Å². The van der Waals surface area contributed by atoms with Gasteiger partial charge in [-0.05, 0) is 57.3 Å². The molecule has 146 valence electrons. The van der Waals surface area contributed by atoms with Gasteiger partial charge in [-0.2, -0.15) is 0 Å². The highest BCUT2D eigenvalue weighted by atomic mass is 16.6. The van der Waals surface area contributed by atoms with Gasteiger partial charge in [-0.1, -0.05) is 26.0 Å². The molecule has 1 saturated carbocycles. The van der Waals surface area contributed by atoms with Crippen LogP contribution in [-0.4, -0.2) is 35.5 Å². The van der Waals surface area contributed by atoms with Crippen molar-refractivity contribution in [1.82, 2.24) is 0 Å². The Morgan fingerprint density at radius 2 is 2.00 bits per heavy atom. The molecule has 4 heteroatoms. The Morgan fingerprint density at radius 1 is 1.27 bits per heavy atom. The van der Waals surface area contributed by atoms with Gasteiger partial charge in [0.25, 0.3) is 0 Å². The van der Waals surface area contributed by atoms with E-state index in [-0.39, 0.29) is 29.9 Å². The van der Waals surface area contributed by atoms with Gasteiger partial charge in [0, 0.05) is 19.3 Å². The first-order chi connectivity index (χ1) is 12.1. The summed E-state index contributed by atoms with van der Waals surface area (Å²) in [5.41, 5.74) is 0.564. The molecule has 26 heavy (non-hydrogen) atoms. The summed E-state index contributed by atoms with van der Waals surface area (Å²) in [6, 6.07) is 0. The number of carbonyl (C=O) groups is 1. The highest BCUT2D eigenvalue weighted by Gasteiger charge is 2.65. The average Bonchev–Trinajstić information content (AvgIpc) is 2.86. The molecule has 3 aliphatic heterocycles. The number of esters is 1. The molecule has 0 spiro atoms. The van der Waals surface area contributed by atoms with Crippen molar-refractivity contribution in [3.63, 3.8) is 0 Å². The van der Waals surface area contributed by atoms with E-state index in [0.717, 1.165) is 25.7 Å². The standard InChI is InChI=1S/C22H34O4/c1-12(2)15-8-7-13(3)18-16-11-22(6)17(24-14(4)23)9-10-21(5,26-22)20(25-16)19(15)18/h12,15-20H,3,7-11H2,1-2,4-6H3/t15-,16-,17+,18+,19+,20-,21-,22+/m1/s1. The van der Waals surface area contributed by atoms with Crippen LogP contribution in [0.3, 0.4) is 0 Å². The highest BCUT2D eigenvalue weighted by molar-refractivity contribution is 5.66. The van der Waals surface area contributed by atoms with Gasteiger partial charge < -0.3 is 14.2 Å². The van der Waals surface area contributed by atoms with Crippen molar-refractivity contribution < 1.29 is 19.0 Å². The van der Waals surface area contributed by atoms with Crippen molar-refractivity contribution in [2.75, 3.05) is 0 Å². The van der Waals surface area contributed by atoms with Crippen LogP contribution in [0.1, 0.15) is 66.7 Å². The molecule has 4 fully saturated rings. The number of hydrogen-bond donors (Lipinski definition) is 0. The molecule has 4 aliphatic rings. The molecule has 0 amide bonds. The fraction of sp³-hybridized carbons (Fsp3) is 0.864. The lowest BCUT2D eigenvalue weighted by molar-refractivity contribution is -0.251. The molecule has 8 atom stereocenters. The zero-order valence-electron chi connectivity index (χ0n) is 16.9.